The molecule has 2 fully saturated rings. The molecule has 1 aromatic heterocycles. The molecule has 1 atom stereocenters. The Kier molecular flexibility index (Phi) is 4.49. The predicted molar refractivity (Wildman–Crippen MR) is 99.6 cm³/mol. The third-order valence-electron chi connectivity index (χ3n) is 5.07. The summed E-state index contributed by atoms with van der Waals surface area (Å²) in [6.07, 6.45) is 3.00. The van der Waals surface area contributed by atoms with Crippen molar-refractivity contribution in [3.05, 3.63) is 24.3 Å². The summed E-state index contributed by atoms with van der Waals surface area (Å²) >= 11 is 1.77. The van der Waals surface area contributed by atoms with Crippen molar-refractivity contribution in [3.63, 3.8) is 0 Å². The van der Waals surface area contributed by atoms with Crippen LogP contribution in [0.1, 0.15) is 19.3 Å². The Balaban J connectivity index is 1.29. The molecule has 0 aliphatic carbocycles. The van der Waals surface area contributed by atoms with Crippen molar-refractivity contribution in [3.8, 4) is 0 Å². The zero-order valence-electron chi connectivity index (χ0n) is 13.6. The summed E-state index contributed by atoms with van der Waals surface area (Å²) in [5, 5.41) is 4.71. The molecule has 130 valence electrons. The fourth-order valence-corrected chi connectivity index (χ4v) is 6.52. The number of benzene rings is 1. The SMILES string of the molecule is O=S1(=O)CC[C@@H](CNC2CCN(c3nc4ccccc4s3)CC2)C1. The molecule has 2 aromatic rings. The molecule has 2 saturated heterocycles. The number of aromatic nitrogens is 1. The van der Waals surface area contributed by atoms with E-state index in [0.717, 1.165) is 49.5 Å². The van der Waals surface area contributed by atoms with Crippen molar-refractivity contribution >= 4 is 36.5 Å². The zero-order chi connectivity index (χ0) is 16.6. The molecule has 1 aromatic carbocycles. The van der Waals surface area contributed by atoms with Gasteiger partial charge in [-0.05, 0) is 43.9 Å². The third-order valence-corrected chi connectivity index (χ3v) is 8.00. The van der Waals surface area contributed by atoms with E-state index in [-0.39, 0.29) is 0 Å². The van der Waals surface area contributed by atoms with Crippen LogP contribution in [-0.2, 0) is 9.84 Å². The molecule has 0 bridgehead atoms. The molecule has 2 aliphatic rings. The maximum Gasteiger partial charge on any atom is 0.186 e. The minimum absolute atomic E-state index is 0.303. The lowest BCUT2D eigenvalue weighted by atomic mass is 10.0. The lowest BCUT2D eigenvalue weighted by molar-refractivity contribution is 0.386. The van der Waals surface area contributed by atoms with Crippen LogP contribution in [0.25, 0.3) is 10.2 Å². The summed E-state index contributed by atoms with van der Waals surface area (Å²) in [6.45, 7) is 2.87. The maximum absolute atomic E-state index is 11.5. The van der Waals surface area contributed by atoms with Gasteiger partial charge >= 0.3 is 0 Å². The van der Waals surface area contributed by atoms with E-state index in [1.165, 1.54) is 4.70 Å². The molecule has 5 nitrogen and oxygen atoms in total. The van der Waals surface area contributed by atoms with Crippen molar-refractivity contribution in [1.82, 2.24) is 10.3 Å². The quantitative estimate of drug-likeness (QED) is 0.901. The summed E-state index contributed by atoms with van der Waals surface area (Å²) in [5.74, 6) is 1.04. The number of nitrogens with zero attached hydrogens (tertiary/aromatic N) is 2. The van der Waals surface area contributed by atoms with Crippen LogP contribution >= 0.6 is 11.3 Å². The molecular formula is C17H23N3O2S2. The lowest BCUT2D eigenvalue weighted by Crippen LogP contribution is -2.44. The van der Waals surface area contributed by atoms with Gasteiger partial charge in [0.15, 0.2) is 15.0 Å². The fraction of sp³-hybridized carbons (Fsp3) is 0.588. The van der Waals surface area contributed by atoms with Crippen LogP contribution in [-0.4, -0.2) is 50.6 Å². The second-order valence-corrected chi connectivity index (χ2v) is 10.1. The highest BCUT2D eigenvalue weighted by Crippen LogP contribution is 2.30. The van der Waals surface area contributed by atoms with Crippen molar-refractivity contribution in [2.24, 2.45) is 5.92 Å². The first-order chi connectivity index (χ1) is 11.6. The lowest BCUT2D eigenvalue weighted by Gasteiger charge is -2.32. The van der Waals surface area contributed by atoms with Crippen LogP contribution in [0.5, 0.6) is 0 Å². The predicted octanol–water partition coefficient (Wildman–Crippen LogP) is 2.29. The minimum Gasteiger partial charge on any atom is -0.348 e. The summed E-state index contributed by atoms with van der Waals surface area (Å²) in [7, 11) is -2.76. The molecule has 4 rings (SSSR count). The topological polar surface area (TPSA) is 62.3 Å². The van der Waals surface area contributed by atoms with Gasteiger partial charge in [0.1, 0.15) is 0 Å². The molecule has 0 saturated carbocycles. The summed E-state index contributed by atoms with van der Waals surface area (Å²) in [4.78, 5) is 7.12. The van der Waals surface area contributed by atoms with Gasteiger partial charge in [0, 0.05) is 19.1 Å². The summed E-state index contributed by atoms with van der Waals surface area (Å²) in [6, 6.07) is 8.79. The highest BCUT2D eigenvalue weighted by Gasteiger charge is 2.29. The van der Waals surface area contributed by atoms with Gasteiger partial charge in [0.05, 0.1) is 21.7 Å². The number of rotatable bonds is 4. The molecule has 7 heteroatoms. The standard InChI is InChI=1S/C17H23N3O2S2/c21-24(22)10-7-13(12-24)11-18-14-5-8-20(9-6-14)17-19-15-3-1-2-4-16(15)23-17/h1-4,13-14,18H,5-12H2/t13-/m0/s1. The Morgan fingerprint density at radius 2 is 2.00 bits per heavy atom. The number of nitrogens with one attached hydrogen (secondary N) is 1. The van der Waals surface area contributed by atoms with Gasteiger partial charge in [-0.15, -0.1) is 0 Å². The molecule has 2 aliphatic heterocycles. The smallest absolute Gasteiger partial charge is 0.186 e. The summed E-state index contributed by atoms with van der Waals surface area (Å²) < 4.78 is 24.3. The molecule has 0 amide bonds. The van der Waals surface area contributed by atoms with Crippen molar-refractivity contribution in [2.45, 2.75) is 25.3 Å². The van der Waals surface area contributed by atoms with E-state index >= 15 is 0 Å². The first-order valence-corrected chi connectivity index (χ1v) is 11.3. The van der Waals surface area contributed by atoms with E-state index in [1.54, 1.807) is 11.3 Å². The highest BCUT2D eigenvalue weighted by molar-refractivity contribution is 7.91. The van der Waals surface area contributed by atoms with Gasteiger partial charge in [-0.1, -0.05) is 23.5 Å². The molecule has 0 unspecified atom stereocenters. The largest absolute Gasteiger partial charge is 0.348 e. The number of thiazole rings is 1. The Labute approximate surface area is 147 Å². The fourth-order valence-electron chi connectivity index (χ4n) is 3.64. The van der Waals surface area contributed by atoms with Gasteiger partial charge in [-0.25, -0.2) is 13.4 Å². The van der Waals surface area contributed by atoms with Gasteiger partial charge in [0.2, 0.25) is 0 Å². The van der Waals surface area contributed by atoms with Crippen LogP contribution in [0.2, 0.25) is 0 Å². The second kappa shape index (κ2) is 6.61. The first kappa shape index (κ1) is 16.3. The minimum atomic E-state index is -2.76. The van der Waals surface area contributed by atoms with E-state index in [9.17, 15) is 8.42 Å². The van der Waals surface area contributed by atoms with Crippen molar-refractivity contribution < 1.29 is 8.42 Å². The van der Waals surface area contributed by atoms with Crippen molar-refractivity contribution in [2.75, 3.05) is 36.0 Å². The van der Waals surface area contributed by atoms with E-state index in [2.05, 4.69) is 28.4 Å². The summed E-state index contributed by atoms with van der Waals surface area (Å²) in [5.41, 5.74) is 1.08. The van der Waals surface area contributed by atoms with Gasteiger partial charge < -0.3 is 10.2 Å². The third kappa shape index (κ3) is 3.58. The molecule has 0 radical (unpaired) electrons. The van der Waals surface area contributed by atoms with E-state index in [1.807, 2.05) is 6.07 Å². The van der Waals surface area contributed by atoms with Gasteiger partial charge in [-0.3, -0.25) is 0 Å². The number of hydrogen-bond donors (Lipinski definition) is 1. The number of fused-ring (bicyclic) bond motifs is 1. The van der Waals surface area contributed by atoms with Crippen LogP contribution in [0.3, 0.4) is 0 Å². The van der Waals surface area contributed by atoms with Crippen LogP contribution in [0.15, 0.2) is 24.3 Å². The van der Waals surface area contributed by atoms with E-state index < -0.39 is 9.84 Å². The molecule has 3 heterocycles. The van der Waals surface area contributed by atoms with Crippen LogP contribution in [0, 0.1) is 5.92 Å². The van der Waals surface area contributed by atoms with E-state index in [0.29, 0.717) is 23.5 Å². The monoisotopic (exact) mass is 365 g/mol. The normalized spacial score (nSPS) is 24.7. The molecule has 0 spiro atoms. The Hall–Kier alpha value is -1.18. The van der Waals surface area contributed by atoms with Crippen molar-refractivity contribution in [1.29, 1.82) is 0 Å². The average molecular weight is 366 g/mol. The van der Waals surface area contributed by atoms with Crippen LogP contribution < -0.4 is 10.2 Å². The highest BCUT2D eigenvalue weighted by atomic mass is 32.2. The number of piperidine rings is 1. The Bertz CT molecular complexity index is 777. The number of hydrogen-bond acceptors (Lipinski definition) is 6. The molecule has 24 heavy (non-hydrogen) atoms. The molecule has 1 N–H and O–H groups in total. The maximum atomic E-state index is 11.5. The zero-order valence-corrected chi connectivity index (χ0v) is 15.3. The average Bonchev–Trinajstić information content (AvgIpc) is 3.16. The second-order valence-electron chi connectivity index (χ2n) is 6.90. The van der Waals surface area contributed by atoms with Gasteiger partial charge in [-0.2, -0.15) is 0 Å². The Morgan fingerprint density at radius 1 is 1.21 bits per heavy atom. The number of anilines is 1. The van der Waals surface area contributed by atoms with E-state index in [4.69, 9.17) is 4.98 Å². The number of para-hydroxylation sites is 1. The van der Waals surface area contributed by atoms with Gasteiger partial charge in [0.25, 0.3) is 0 Å². The first-order valence-electron chi connectivity index (χ1n) is 8.63. The Morgan fingerprint density at radius 3 is 2.71 bits per heavy atom. The number of sulfone groups is 1. The van der Waals surface area contributed by atoms with Crippen LogP contribution in [0.4, 0.5) is 5.13 Å². The molecular weight excluding hydrogens is 342 g/mol.